The fourth-order valence-electron chi connectivity index (χ4n) is 3.00. The summed E-state index contributed by atoms with van der Waals surface area (Å²) < 4.78 is 5.82. The first-order chi connectivity index (χ1) is 11.2. The van der Waals surface area contributed by atoms with Crippen LogP contribution in [-0.4, -0.2) is 43.1 Å². The molecule has 1 aliphatic heterocycles. The van der Waals surface area contributed by atoms with Crippen LogP contribution in [0.5, 0.6) is 5.75 Å². The van der Waals surface area contributed by atoms with Gasteiger partial charge in [-0.2, -0.15) is 0 Å². The number of aryl methyl sites for hydroxylation is 1. The average Bonchev–Trinajstić information content (AvgIpc) is 2.60. The standard InChI is InChI=1S/C19H30N2O2/c1-3-17-10-5-6-11-18(17)23-16(2)19(22)20-12-9-15-21-13-7-4-8-14-21/h5-6,10-11,16H,3-4,7-9,12-15H2,1-2H3,(H,20,22)/t16-/m1/s1. The van der Waals surface area contributed by atoms with Crippen molar-refractivity contribution >= 4 is 5.91 Å². The summed E-state index contributed by atoms with van der Waals surface area (Å²) in [7, 11) is 0. The maximum atomic E-state index is 12.1. The second kappa shape index (κ2) is 9.56. The van der Waals surface area contributed by atoms with Gasteiger partial charge < -0.3 is 15.0 Å². The van der Waals surface area contributed by atoms with E-state index in [1.54, 1.807) is 0 Å². The van der Waals surface area contributed by atoms with Crippen LogP contribution in [-0.2, 0) is 11.2 Å². The number of nitrogens with one attached hydrogen (secondary N) is 1. The summed E-state index contributed by atoms with van der Waals surface area (Å²) >= 11 is 0. The Labute approximate surface area is 140 Å². The predicted octanol–water partition coefficient (Wildman–Crippen LogP) is 3.01. The van der Waals surface area contributed by atoms with E-state index in [-0.39, 0.29) is 5.91 Å². The summed E-state index contributed by atoms with van der Waals surface area (Å²) in [4.78, 5) is 14.6. The van der Waals surface area contributed by atoms with Crippen molar-refractivity contribution in [3.63, 3.8) is 0 Å². The van der Waals surface area contributed by atoms with E-state index in [1.807, 2.05) is 31.2 Å². The second-order valence-electron chi connectivity index (χ2n) is 6.27. The van der Waals surface area contributed by atoms with Crippen molar-refractivity contribution in [3.8, 4) is 5.75 Å². The zero-order valence-corrected chi connectivity index (χ0v) is 14.5. The molecule has 0 bridgehead atoms. The first-order valence-corrected chi connectivity index (χ1v) is 8.95. The third kappa shape index (κ3) is 5.87. The number of likely N-dealkylation sites (tertiary alicyclic amines) is 1. The van der Waals surface area contributed by atoms with Gasteiger partial charge in [0.2, 0.25) is 0 Å². The summed E-state index contributed by atoms with van der Waals surface area (Å²) in [5.74, 6) is 0.778. The fourth-order valence-corrected chi connectivity index (χ4v) is 3.00. The van der Waals surface area contributed by atoms with Gasteiger partial charge in [0.05, 0.1) is 0 Å². The monoisotopic (exact) mass is 318 g/mol. The molecule has 1 N–H and O–H groups in total. The molecule has 0 saturated carbocycles. The molecule has 0 aromatic heterocycles. The fraction of sp³-hybridized carbons (Fsp3) is 0.632. The molecule has 4 heteroatoms. The molecule has 0 unspecified atom stereocenters. The largest absolute Gasteiger partial charge is 0.481 e. The SMILES string of the molecule is CCc1ccccc1O[C@H](C)C(=O)NCCCN1CCCCC1. The van der Waals surface area contributed by atoms with Gasteiger partial charge in [0.1, 0.15) is 5.75 Å². The van der Waals surface area contributed by atoms with Gasteiger partial charge in [0.15, 0.2) is 6.10 Å². The van der Waals surface area contributed by atoms with Crippen molar-refractivity contribution < 1.29 is 9.53 Å². The number of ether oxygens (including phenoxy) is 1. The van der Waals surface area contributed by atoms with Crippen molar-refractivity contribution in [2.24, 2.45) is 0 Å². The third-order valence-electron chi connectivity index (χ3n) is 4.43. The Hall–Kier alpha value is -1.55. The molecule has 128 valence electrons. The summed E-state index contributed by atoms with van der Waals surface area (Å²) in [5.41, 5.74) is 1.14. The lowest BCUT2D eigenvalue weighted by Crippen LogP contribution is -2.38. The Morgan fingerprint density at radius 1 is 1.26 bits per heavy atom. The van der Waals surface area contributed by atoms with Crippen molar-refractivity contribution in [2.75, 3.05) is 26.2 Å². The van der Waals surface area contributed by atoms with Gasteiger partial charge in [0.25, 0.3) is 5.91 Å². The summed E-state index contributed by atoms with van der Waals surface area (Å²) in [6, 6.07) is 7.91. The number of nitrogens with zero attached hydrogens (tertiary/aromatic N) is 1. The molecule has 0 radical (unpaired) electrons. The van der Waals surface area contributed by atoms with Gasteiger partial charge in [-0.05, 0) is 63.9 Å². The number of hydrogen-bond donors (Lipinski definition) is 1. The highest BCUT2D eigenvalue weighted by Crippen LogP contribution is 2.19. The third-order valence-corrected chi connectivity index (χ3v) is 4.43. The minimum atomic E-state index is -0.460. The van der Waals surface area contributed by atoms with Crippen LogP contribution in [0.15, 0.2) is 24.3 Å². The molecule has 1 aromatic rings. The molecule has 1 saturated heterocycles. The van der Waals surface area contributed by atoms with E-state index in [2.05, 4.69) is 17.1 Å². The van der Waals surface area contributed by atoms with Crippen LogP contribution in [0.4, 0.5) is 0 Å². The van der Waals surface area contributed by atoms with E-state index >= 15 is 0 Å². The predicted molar refractivity (Wildman–Crippen MR) is 93.8 cm³/mol. The van der Waals surface area contributed by atoms with Crippen LogP contribution in [0.2, 0.25) is 0 Å². The van der Waals surface area contributed by atoms with E-state index in [1.165, 1.54) is 32.4 Å². The van der Waals surface area contributed by atoms with Crippen LogP contribution in [0.25, 0.3) is 0 Å². The van der Waals surface area contributed by atoms with Gasteiger partial charge in [-0.25, -0.2) is 0 Å². The number of carbonyl (C=O) groups is 1. The van der Waals surface area contributed by atoms with Gasteiger partial charge in [-0.15, -0.1) is 0 Å². The van der Waals surface area contributed by atoms with Gasteiger partial charge in [0, 0.05) is 6.54 Å². The lowest BCUT2D eigenvalue weighted by Gasteiger charge is -2.26. The van der Waals surface area contributed by atoms with E-state index in [0.29, 0.717) is 0 Å². The second-order valence-corrected chi connectivity index (χ2v) is 6.27. The lowest BCUT2D eigenvalue weighted by atomic mass is 10.1. The van der Waals surface area contributed by atoms with E-state index in [4.69, 9.17) is 4.74 Å². The normalized spacial score (nSPS) is 16.8. The Kier molecular flexibility index (Phi) is 7.40. The highest BCUT2D eigenvalue weighted by molar-refractivity contribution is 5.80. The van der Waals surface area contributed by atoms with E-state index in [0.717, 1.165) is 37.2 Å². The molecule has 1 atom stereocenters. The smallest absolute Gasteiger partial charge is 0.260 e. The topological polar surface area (TPSA) is 41.6 Å². The number of piperidine rings is 1. The molecule has 0 aliphatic carbocycles. The number of carbonyl (C=O) groups excluding carboxylic acids is 1. The molecule has 1 fully saturated rings. The maximum absolute atomic E-state index is 12.1. The number of para-hydroxylation sites is 1. The molecule has 2 rings (SSSR count). The van der Waals surface area contributed by atoms with Gasteiger partial charge in [-0.1, -0.05) is 31.5 Å². The van der Waals surface area contributed by atoms with E-state index < -0.39 is 6.10 Å². The minimum absolute atomic E-state index is 0.0328. The Morgan fingerprint density at radius 2 is 2.00 bits per heavy atom. The number of rotatable bonds is 8. The summed E-state index contributed by atoms with van der Waals surface area (Å²) in [5, 5.41) is 2.99. The Morgan fingerprint density at radius 3 is 2.74 bits per heavy atom. The Bertz CT molecular complexity index is 484. The van der Waals surface area contributed by atoms with Gasteiger partial charge >= 0.3 is 0 Å². The first-order valence-electron chi connectivity index (χ1n) is 8.95. The van der Waals surface area contributed by atoms with Crippen LogP contribution in [0.1, 0.15) is 45.1 Å². The molecule has 1 amide bonds. The first kappa shape index (κ1) is 17.8. The van der Waals surface area contributed by atoms with Crippen LogP contribution in [0, 0.1) is 0 Å². The highest BCUT2D eigenvalue weighted by Gasteiger charge is 2.15. The highest BCUT2D eigenvalue weighted by atomic mass is 16.5. The quantitative estimate of drug-likeness (QED) is 0.749. The minimum Gasteiger partial charge on any atom is -0.481 e. The molecule has 0 spiro atoms. The van der Waals surface area contributed by atoms with Crippen molar-refractivity contribution in [2.45, 2.75) is 52.1 Å². The number of hydrogen-bond acceptors (Lipinski definition) is 3. The van der Waals surface area contributed by atoms with Crippen LogP contribution in [0.3, 0.4) is 0 Å². The molecule has 4 nitrogen and oxygen atoms in total. The zero-order valence-electron chi connectivity index (χ0n) is 14.5. The molecular weight excluding hydrogens is 288 g/mol. The summed E-state index contributed by atoms with van der Waals surface area (Å²) in [6.07, 6.45) is 5.44. The van der Waals surface area contributed by atoms with Crippen LogP contribution >= 0.6 is 0 Å². The van der Waals surface area contributed by atoms with Crippen molar-refractivity contribution in [3.05, 3.63) is 29.8 Å². The Balaban J connectivity index is 1.68. The lowest BCUT2D eigenvalue weighted by molar-refractivity contribution is -0.127. The number of benzene rings is 1. The molecule has 1 aromatic carbocycles. The molecule has 1 aliphatic rings. The average molecular weight is 318 g/mol. The van der Waals surface area contributed by atoms with Gasteiger partial charge in [-0.3, -0.25) is 4.79 Å². The van der Waals surface area contributed by atoms with Crippen molar-refractivity contribution in [1.82, 2.24) is 10.2 Å². The van der Waals surface area contributed by atoms with Crippen LogP contribution < -0.4 is 10.1 Å². The zero-order chi connectivity index (χ0) is 16.5. The molecule has 1 heterocycles. The maximum Gasteiger partial charge on any atom is 0.260 e. The summed E-state index contributed by atoms with van der Waals surface area (Å²) in [6.45, 7) is 8.12. The number of amides is 1. The molecular formula is C19H30N2O2. The van der Waals surface area contributed by atoms with E-state index in [9.17, 15) is 4.79 Å². The van der Waals surface area contributed by atoms with Crippen molar-refractivity contribution in [1.29, 1.82) is 0 Å². The molecule has 23 heavy (non-hydrogen) atoms.